The number of rotatable bonds is 3. The third kappa shape index (κ3) is 2.90. The van der Waals surface area contributed by atoms with E-state index >= 15 is 0 Å². The van der Waals surface area contributed by atoms with Gasteiger partial charge in [-0.15, -0.1) is 0 Å². The van der Waals surface area contributed by atoms with Gasteiger partial charge in [0.1, 0.15) is 6.04 Å². The number of carbonyl (C=O) groups excluding carboxylic acids is 1. The van der Waals surface area contributed by atoms with Gasteiger partial charge in [0.05, 0.1) is 5.25 Å². The Kier molecular flexibility index (Phi) is 4.63. The van der Waals surface area contributed by atoms with Gasteiger partial charge in [-0.2, -0.15) is 4.31 Å². The van der Waals surface area contributed by atoms with Crippen LogP contribution in [0.15, 0.2) is 18.2 Å². The summed E-state index contributed by atoms with van der Waals surface area (Å²) in [5.74, 6) is -0.164. The van der Waals surface area contributed by atoms with Crippen molar-refractivity contribution >= 4 is 21.6 Å². The van der Waals surface area contributed by atoms with Gasteiger partial charge in [-0.05, 0) is 46.2 Å². The Morgan fingerprint density at radius 2 is 1.82 bits per heavy atom. The van der Waals surface area contributed by atoms with Gasteiger partial charge in [-0.25, -0.2) is 8.42 Å². The number of hydrogen-bond donors (Lipinski definition) is 0. The van der Waals surface area contributed by atoms with Crippen LogP contribution in [0.4, 0.5) is 5.69 Å². The van der Waals surface area contributed by atoms with Gasteiger partial charge in [-0.1, -0.05) is 17.7 Å². The molecule has 1 amide bonds. The molecule has 1 aromatic carbocycles. The summed E-state index contributed by atoms with van der Waals surface area (Å²) in [4.78, 5) is 14.4. The van der Waals surface area contributed by atoms with E-state index in [2.05, 4.69) is 0 Å². The van der Waals surface area contributed by atoms with Gasteiger partial charge in [-0.3, -0.25) is 4.79 Å². The SMILES string of the molecule is Cc1ccc(N2CCN(S(=O)(=O)C(C)C)C(C)C2=O)c(C)c1. The van der Waals surface area contributed by atoms with Crippen LogP contribution in [-0.4, -0.2) is 43.0 Å². The molecule has 0 bridgehead atoms. The molecule has 0 aromatic heterocycles. The molecule has 22 heavy (non-hydrogen) atoms. The number of sulfonamides is 1. The lowest BCUT2D eigenvalue weighted by molar-refractivity contribution is -0.123. The molecule has 0 N–H and O–H groups in total. The Morgan fingerprint density at radius 1 is 1.18 bits per heavy atom. The fourth-order valence-electron chi connectivity index (χ4n) is 2.82. The monoisotopic (exact) mass is 324 g/mol. The third-order valence-electron chi connectivity index (χ3n) is 4.17. The normalized spacial score (nSPS) is 20.7. The van der Waals surface area contributed by atoms with Crippen LogP contribution in [-0.2, 0) is 14.8 Å². The first-order valence-corrected chi connectivity index (χ1v) is 9.06. The van der Waals surface area contributed by atoms with E-state index in [1.54, 1.807) is 25.7 Å². The molecule has 5 nitrogen and oxygen atoms in total. The number of anilines is 1. The zero-order valence-electron chi connectivity index (χ0n) is 13.8. The summed E-state index contributed by atoms with van der Waals surface area (Å²) >= 11 is 0. The highest BCUT2D eigenvalue weighted by Crippen LogP contribution is 2.26. The predicted molar refractivity (Wildman–Crippen MR) is 88.5 cm³/mol. The Balaban J connectivity index is 2.30. The largest absolute Gasteiger partial charge is 0.309 e. The number of hydrogen-bond acceptors (Lipinski definition) is 3. The van der Waals surface area contributed by atoms with Crippen molar-refractivity contribution in [3.05, 3.63) is 29.3 Å². The minimum atomic E-state index is -3.42. The summed E-state index contributed by atoms with van der Waals surface area (Å²) < 4.78 is 26.0. The van der Waals surface area contributed by atoms with Crippen molar-refractivity contribution in [1.29, 1.82) is 0 Å². The van der Waals surface area contributed by atoms with Crippen molar-refractivity contribution in [3.8, 4) is 0 Å². The van der Waals surface area contributed by atoms with E-state index in [-0.39, 0.29) is 5.91 Å². The Labute approximate surface area is 133 Å². The smallest absolute Gasteiger partial charge is 0.245 e. The molecule has 0 radical (unpaired) electrons. The highest BCUT2D eigenvalue weighted by atomic mass is 32.2. The molecular formula is C16H24N2O3S. The van der Waals surface area contributed by atoms with E-state index < -0.39 is 21.3 Å². The Morgan fingerprint density at radius 3 is 2.36 bits per heavy atom. The van der Waals surface area contributed by atoms with Crippen molar-refractivity contribution in [2.75, 3.05) is 18.0 Å². The minimum absolute atomic E-state index is 0.164. The first-order valence-electron chi connectivity index (χ1n) is 7.55. The highest BCUT2D eigenvalue weighted by Gasteiger charge is 2.40. The van der Waals surface area contributed by atoms with Crippen LogP contribution in [0.1, 0.15) is 31.9 Å². The lowest BCUT2D eigenvalue weighted by Crippen LogP contribution is -2.58. The number of carbonyl (C=O) groups is 1. The molecule has 1 aliphatic heterocycles. The second kappa shape index (κ2) is 6.01. The molecule has 0 aliphatic carbocycles. The standard InChI is InChI=1S/C16H24N2O3S/c1-11(2)22(20,21)18-9-8-17(16(19)14(18)5)15-7-6-12(3)10-13(15)4/h6-7,10-11,14H,8-9H2,1-5H3. The van der Waals surface area contributed by atoms with Gasteiger partial charge in [0.25, 0.3) is 0 Å². The molecule has 6 heteroatoms. The van der Waals surface area contributed by atoms with Gasteiger partial charge in [0.15, 0.2) is 0 Å². The molecule has 2 rings (SSSR count). The van der Waals surface area contributed by atoms with Crippen LogP contribution in [0.5, 0.6) is 0 Å². The van der Waals surface area contributed by atoms with E-state index in [4.69, 9.17) is 0 Å². The molecule has 1 fully saturated rings. The van der Waals surface area contributed by atoms with Crippen molar-refractivity contribution in [2.24, 2.45) is 0 Å². The second-order valence-electron chi connectivity index (χ2n) is 6.16. The zero-order valence-corrected chi connectivity index (χ0v) is 14.6. The fourth-order valence-corrected chi connectivity index (χ4v) is 4.23. The summed E-state index contributed by atoms with van der Waals surface area (Å²) in [5.41, 5.74) is 3.03. The molecule has 122 valence electrons. The van der Waals surface area contributed by atoms with Crippen LogP contribution in [0.25, 0.3) is 0 Å². The molecule has 0 spiro atoms. The Bertz CT molecular complexity index is 683. The topological polar surface area (TPSA) is 57.7 Å². The maximum Gasteiger partial charge on any atom is 0.245 e. The first kappa shape index (κ1) is 17.0. The second-order valence-corrected chi connectivity index (χ2v) is 8.60. The molecular weight excluding hydrogens is 300 g/mol. The van der Waals surface area contributed by atoms with E-state index in [0.29, 0.717) is 13.1 Å². The number of amides is 1. The van der Waals surface area contributed by atoms with Crippen LogP contribution < -0.4 is 4.90 Å². The van der Waals surface area contributed by atoms with Crippen LogP contribution in [0, 0.1) is 13.8 Å². The number of aryl methyl sites for hydroxylation is 2. The molecule has 1 unspecified atom stereocenters. The van der Waals surface area contributed by atoms with Gasteiger partial charge >= 0.3 is 0 Å². The number of benzene rings is 1. The average Bonchev–Trinajstić information content (AvgIpc) is 2.42. The molecule has 1 aromatic rings. The van der Waals surface area contributed by atoms with Crippen molar-refractivity contribution in [3.63, 3.8) is 0 Å². The summed E-state index contributed by atoms with van der Waals surface area (Å²) in [6.45, 7) is 9.65. The number of nitrogens with zero attached hydrogens (tertiary/aromatic N) is 2. The highest BCUT2D eigenvalue weighted by molar-refractivity contribution is 7.89. The summed E-state index contributed by atoms with van der Waals surface area (Å²) in [5, 5.41) is -0.518. The Hall–Kier alpha value is -1.40. The quantitative estimate of drug-likeness (QED) is 0.855. The van der Waals surface area contributed by atoms with E-state index in [0.717, 1.165) is 16.8 Å². The van der Waals surface area contributed by atoms with Crippen molar-refractivity contribution in [2.45, 2.75) is 45.9 Å². The lowest BCUT2D eigenvalue weighted by Gasteiger charge is -2.39. The van der Waals surface area contributed by atoms with E-state index in [9.17, 15) is 13.2 Å². The average molecular weight is 324 g/mol. The summed E-state index contributed by atoms with van der Waals surface area (Å²) in [7, 11) is -3.42. The summed E-state index contributed by atoms with van der Waals surface area (Å²) in [6.07, 6.45) is 0. The molecule has 1 saturated heterocycles. The van der Waals surface area contributed by atoms with Crippen LogP contribution in [0.3, 0.4) is 0 Å². The van der Waals surface area contributed by atoms with Crippen LogP contribution in [0.2, 0.25) is 0 Å². The van der Waals surface area contributed by atoms with Crippen molar-refractivity contribution < 1.29 is 13.2 Å². The first-order chi connectivity index (χ1) is 10.2. The fraction of sp³-hybridized carbons (Fsp3) is 0.562. The minimum Gasteiger partial charge on any atom is -0.309 e. The third-order valence-corrected chi connectivity index (χ3v) is 6.51. The zero-order chi connectivity index (χ0) is 16.7. The molecule has 1 aliphatic rings. The lowest BCUT2D eigenvalue weighted by atomic mass is 10.1. The molecule has 0 saturated carbocycles. The summed E-state index contributed by atoms with van der Waals surface area (Å²) in [6, 6.07) is 5.27. The van der Waals surface area contributed by atoms with E-state index in [1.165, 1.54) is 4.31 Å². The maximum atomic E-state index is 12.7. The molecule has 1 atom stereocenters. The maximum absolute atomic E-state index is 12.7. The number of piperazine rings is 1. The molecule has 1 heterocycles. The van der Waals surface area contributed by atoms with Crippen LogP contribution >= 0.6 is 0 Å². The van der Waals surface area contributed by atoms with Gasteiger partial charge in [0, 0.05) is 18.8 Å². The van der Waals surface area contributed by atoms with Gasteiger partial charge in [0.2, 0.25) is 15.9 Å². The van der Waals surface area contributed by atoms with Gasteiger partial charge < -0.3 is 4.90 Å². The van der Waals surface area contributed by atoms with Crippen molar-refractivity contribution in [1.82, 2.24) is 4.31 Å². The predicted octanol–water partition coefficient (Wildman–Crippen LogP) is 2.08. The van der Waals surface area contributed by atoms with E-state index in [1.807, 2.05) is 32.0 Å².